The highest BCUT2D eigenvalue weighted by Crippen LogP contribution is 2.33. The van der Waals surface area contributed by atoms with Crippen LogP contribution in [0.1, 0.15) is 5.56 Å². The molecule has 0 amide bonds. The van der Waals surface area contributed by atoms with Crippen LogP contribution in [0.3, 0.4) is 0 Å². The molecule has 0 aliphatic carbocycles. The molecule has 0 spiro atoms. The number of aromatic amines is 1. The normalized spacial score (nSPS) is 11.8. The minimum Gasteiger partial charge on any atom is -0.276 e. The van der Waals surface area contributed by atoms with Crippen LogP contribution in [0, 0.1) is 0 Å². The van der Waals surface area contributed by atoms with Gasteiger partial charge >= 0.3 is 6.18 Å². The Hall–Kier alpha value is -1.49. The van der Waals surface area contributed by atoms with E-state index >= 15 is 0 Å². The topological polar surface area (TPSA) is 28.7 Å². The number of halogens is 4. The lowest BCUT2D eigenvalue weighted by atomic mass is 10.1. The Morgan fingerprint density at radius 1 is 1.25 bits per heavy atom. The van der Waals surface area contributed by atoms with Gasteiger partial charge in [-0.2, -0.15) is 18.3 Å². The zero-order valence-electron chi connectivity index (χ0n) is 7.85. The second kappa shape index (κ2) is 3.83. The molecule has 0 aliphatic rings. The molecule has 2 aromatic rings. The van der Waals surface area contributed by atoms with Crippen LogP contribution in [0.15, 0.2) is 30.5 Å². The summed E-state index contributed by atoms with van der Waals surface area (Å²) in [5, 5.41) is 6.49. The van der Waals surface area contributed by atoms with Gasteiger partial charge < -0.3 is 0 Å². The summed E-state index contributed by atoms with van der Waals surface area (Å²) in [4.78, 5) is 0. The number of hydrogen-bond donors (Lipinski definition) is 1. The highest BCUT2D eigenvalue weighted by molar-refractivity contribution is 6.32. The van der Waals surface area contributed by atoms with Crippen molar-refractivity contribution in [2.75, 3.05) is 0 Å². The molecule has 0 aliphatic heterocycles. The van der Waals surface area contributed by atoms with Crippen LogP contribution in [0.25, 0.3) is 11.3 Å². The molecule has 0 radical (unpaired) electrons. The van der Waals surface area contributed by atoms with Gasteiger partial charge in [0.25, 0.3) is 0 Å². The van der Waals surface area contributed by atoms with E-state index in [0.29, 0.717) is 16.3 Å². The van der Waals surface area contributed by atoms with Crippen LogP contribution in [0.4, 0.5) is 13.2 Å². The Morgan fingerprint density at radius 2 is 2.00 bits per heavy atom. The average Bonchev–Trinajstić information content (AvgIpc) is 2.63. The van der Waals surface area contributed by atoms with Gasteiger partial charge in [0.15, 0.2) is 0 Å². The van der Waals surface area contributed by atoms with Crippen molar-refractivity contribution < 1.29 is 13.2 Å². The van der Waals surface area contributed by atoms with Crippen molar-refractivity contribution >= 4 is 11.6 Å². The lowest BCUT2D eigenvalue weighted by Gasteiger charge is -2.07. The zero-order valence-corrected chi connectivity index (χ0v) is 8.60. The lowest BCUT2D eigenvalue weighted by molar-refractivity contribution is -0.137. The maximum Gasteiger partial charge on any atom is 0.416 e. The summed E-state index contributed by atoms with van der Waals surface area (Å²) in [6.07, 6.45) is -3.01. The molecule has 0 saturated carbocycles. The summed E-state index contributed by atoms with van der Waals surface area (Å²) in [6, 6.07) is 4.90. The Morgan fingerprint density at radius 3 is 2.56 bits per heavy atom. The van der Waals surface area contributed by atoms with Crippen molar-refractivity contribution in [3.8, 4) is 11.3 Å². The van der Waals surface area contributed by atoms with E-state index in [1.54, 1.807) is 0 Å². The van der Waals surface area contributed by atoms with E-state index in [0.717, 1.165) is 12.1 Å². The minimum atomic E-state index is -4.36. The minimum absolute atomic E-state index is 0.291. The first kappa shape index (κ1) is 11.0. The van der Waals surface area contributed by atoms with Gasteiger partial charge in [-0.1, -0.05) is 23.7 Å². The molecule has 1 aromatic heterocycles. The van der Waals surface area contributed by atoms with Gasteiger partial charge in [-0.3, -0.25) is 5.10 Å². The first-order valence-electron chi connectivity index (χ1n) is 4.35. The van der Waals surface area contributed by atoms with Gasteiger partial charge in [0.05, 0.1) is 22.5 Å². The Bertz CT molecular complexity index is 505. The molecule has 1 aromatic carbocycles. The fourth-order valence-electron chi connectivity index (χ4n) is 1.32. The van der Waals surface area contributed by atoms with Crippen LogP contribution in [-0.4, -0.2) is 10.2 Å². The van der Waals surface area contributed by atoms with Crippen LogP contribution in [0.2, 0.25) is 5.02 Å². The molecule has 0 atom stereocenters. The van der Waals surface area contributed by atoms with Gasteiger partial charge in [-0.25, -0.2) is 0 Å². The van der Waals surface area contributed by atoms with Crippen molar-refractivity contribution in [3.05, 3.63) is 41.0 Å². The van der Waals surface area contributed by atoms with Crippen molar-refractivity contribution in [1.29, 1.82) is 0 Å². The summed E-state index contributed by atoms with van der Waals surface area (Å²) in [7, 11) is 0. The number of rotatable bonds is 1. The van der Waals surface area contributed by atoms with Gasteiger partial charge in [0.2, 0.25) is 0 Å². The highest BCUT2D eigenvalue weighted by atomic mass is 35.5. The number of benzene rings is 1. The molecule has 0 unspecified atom stereocenters. The zero-order chi connectivity index (χ0) is 11.8. The van der Waals surface area contributed by atoms with Crippen molar-refractivity contribution in [2.24, 2.45) is 0 Å². The molecule has 1 N–H and O–H groups in total. The standard InChI is InChI=1S/C10H6ClF3N2/c11-8-5-15-16-9(8)6-2-1-3-7(4-6)10(12,13)14/h1-5H,(H,15,16). The lowest BCUT2D eigenvalue weighted by Crippen LogP contribution is -2.04. The third kappa shape index (κ3) is 2.04. The van der Waals surface area contributed by atoms with Crippen LogP contribution >= 0.6 is 11.6 Å². The van der Waals surface area contributed by atoms with Gasteiger partial charge in [0, 0.05) is 5.56 Å². The van der Waals surface area contributed by atoms with Crippen molar-refractivity contribution in [3.63, 3.8) is 0 Å². The Balaban J connectivity index is 2.49. The number of aromatic nitrogens is 2. The molecule has 0 fully saturated rings. The molecule has 16 heavy (non-hydrogen) atoms. The molecule has 2 nitrogen and oxygen atoms in total. The van der Waals surface area contributed by atoms with Gasteiger partial charge in [-0.05, 0) is 12.1 Å². The molecule has 0 saturated heterocycles. The third-order valence-electron chi connectivity index (χ3n) is 2.07. The number of H-pyrrole nitrogens is 1. The van der Waals surface area contributed by atoms with E-state index in [4.69, 9.17) is 11.6 Å². The summed E-state index contributed by atoms with van der Waals surface area (Å²) < 4.78 is 37.4. The van der Waals surface area contributed by atoms with E-state index < -0.39 is 11.7 Å². The first-order valence-corrected chi connectivity index (χ1v) is 4.73. The fourth-order valence-corrected chi connectivity index (χ4v) is 1.53. The first-order chi connectivity index (χ1) is 7.48. The summed E-state index contributed by atoms with van der Waals surface area (Å²) in [6.45, 7) is 0. The fraction of sp³-hybridized carbons (Fsp3) is 0.100. The summed E-state index contributed by atoms with van der Waals surface area (Å²) in [5.74, 6) is 0. The van der Waals surface area contributed by atoms with Crippen molar-refractivity contribution in [2.45, 2.75) is 6.18 Å². The maximum absolute atomic E-state index is 12.5. The number of alkyl halides is 3. The molecule has 1 heterocycles. The largest absolute Gasteiger partial charge is 0.416 e. The van der Waals surface area contributed by atoms with Crippen LogP contribution in [0.5, 0.6) is 0 Å². The van der Waals surface area contributed by atoms with Gasteiger partial charge in [-0.15, -0.1) is 0 Å². The van der Waals surface area contributed by atoms with Crippen LogP contribution < -0.4 is 0 Å². The number of hydrogen-bond acceptors (Lipinski definition) is 1. The van der Waals surface area contributed by atoms with E-state index in [2.05, 4.69) is 10.2 Å². The Labute approximate surface area is 94.1 Å². The Kier molecular flexibility index (Phi) is 2.63. The highest BCUT2D eigenvalue weighted by Gasteiger charge is 2.30. The molecule has 6 heteroatoms. The quantitative estimate of drug-likeness (QED) is 0.816. The summed E-state index contributed by atoms with van der Waals surface area (Å²) >= 11 is 5.77. The molecule has 0 bridgehead atoms. The van der Waals surface area contributed by atoms with E-state index in [1.165, 1.54) is 18.3 Å². The monoisotopic (exact) mass is 246 g/mol. The molecule has 84 valence electrons. The van der Waals surface area contributed by atoms with E-state index in [9.17, 15) is 13.2 Å². The SMILES string of the molecule is FC(F)(F)c1cccc(-c2[nH]ncc2Cl)c1. The molecule has 2 rings (SSSR count). The average molecular weight is 247 g/mol. The van der Waals surface area contributed by atoms with Crippen LogP contribution in [-0.2, 0) is 6.18 Å². The second-order valence-electron chi connectivity index (χ2n) is 3.17. The third-order valence-corrected chi connectivity index (χ3v) is 2.36. The molecular formula is C10H6ClF3N2. The number of nitrogens with one attached hydrogen (secondary N) is 1. The van der Waals surface area contributed by atoms with E-state index in [1.807, 2.05) is 0 Å². The van der Waals surface area contributed by atoms with Crippen molar-refractivity contribution in [1.82, 2.24) is 10.2 Å². The number of nitrogens with zero attached hydrogens (tertiary/aromatic N) is 1. The predicted molar refractivity (Wildman–Crippen MR) is 54.0 cm³/mol. The van der Waals surface area contributed by atoms with E-state index in [-0.39, 0.29) is 0 Å². The second-order valence-corrected chi connectivity index (χ2v) is 3.58. The van der Waals surface area contributed by atoms with Gasteiger partial charge in [0.1, 0.15) is 0 Å². The predicted octanol–water partition coefficient (Wildman–Crippen LogP) is 3.75. The summed E-state index contributed by atoms with van der Waals surface area (Å²) in [5.41, 5.74) is 0.0285. The maximum atomic E-state index is 12.5. The smallest absolute Gasteiger partial charge is 0.276 e. The molecular weight excluding hydrogens is 241 g/mol.